The molecule has 17 heavy (non-hydrogen) atoms. The second kappa shape index (κ2) is 7.33. The van der Waals surface area contributed by atoms with Crippen molar-refractivity contribution in [1.29, 1.82) is 0 Å². The van der Waals surface area contributed by atoms with E-state index in [1.54, 1.807) is 7.11 Å². The molecule has 1 aromatic rings. The highest BCUT2D eigenvalue weighted by atomic mass is 16.5. The molecular weight excluding hydrogens is 210 g/mol. The molecule has 0 bridgehead atoms. The summed E-state index contributed by atoms with van der Waals surface area (Å²) >= 11 is 0. The second-order valence-electron chi connectivity index (χ2n) is 5.05. The maximum atomic E-state index is 5.36. The lowest BCUT2D eigenvalue weighted by Gasteiger charge is -2.16. The Bertz CT molecular complexity index is 322. The van der Waals surface area contributed by atoms with Gasteiger partial charge in [-0.25, -0.2) is 0 Å². The molecule has 0 heterocycles. The number of rotatable bonds is 7. The van der Waals surface area contributed by atoms with Crippen LogP contribution in [0.3, 0.4) is 0 Å². The van der Waals surface area contributed by atoms with E-state index in [-0.39, 0.29) is 0 Å². The van der Waals surface area contributed by atoms with Gasteiger partial charge in [0.15, 0.2) is 0 Å². The zero-order valence-corrected chi connectivity index (χ0v) is 11.5. The molecule has 0 saturated heterocycles. The average Bonchev–Trinajstić information content (AvgIpc) is 2.29. The summed E-state index contributed by atoms with van der Waals surface area (Å²) in [7, 11) is 1.73. The Balaban J connectivity index is 2.41. The van der Waals surface area contributed by atoms with Gasteiger partial charge in [-0.15, -0.1) is 0 Å². The molecule has 0 aromatic heterocycles. The van der Waals surface area contributed by atoms with Crippen molar-refractivity contribution in [2.45, 2.75) is 39.7 Å². The summed E-state index contributed by atoms with van der Waals surface area (Å²) in [5.74, 6) is 1.76. The van der Waals surface area contributed by atoms with E-state index in [1.807, 2.05) is 12.1 Å². The van der Waals surface area contributed by atoms with Crippen molar-refractivity contribution in [3.8, 4) is 5.75 Å². The Hall–Kier alpha value is -1.02. The number of nitrogens with one attached hydrogen (secondary N) is 1. The first-order valence-electron chi connectivity index (χ1n) is 6.48. The minimum atomic E-state index is 0.491. The number of hydrogen-bond donors (Lipinski definition) is 1. The highest BCUT2D eigenvalue weighted by Crippen LogP contribution is 2.18. The third kappa shape index (κ3) is 5.22. The van der Waals surface area contributed by atoms with E-state index < -0.39 is 0 Å². The molecule has 2 heteroatoms. The third-order valence-corrected chi connectivity index (χ3v) is 2.93. The molecule has 0 aliphatic heterocycles. The van der Waals surface area contributed by atoms with E-state index in [2.05, 4.69) is 38.2 Å². The molecule has 0 aliphatic rings. The summed E-state index contributed by atoms with van der Waals surface area (Å²) in [6, 6.07) is 8.73. The van der Waals surface area contributed by atoms with Crippen molar-refractivity contribution in [1.82, 2.24) is 5.32 Å². The predicted molar refractivity (Wildman–Crippen MR) is 73.6 cm³/mol. The van der Waals surface area contributed by atoms with E-state index >= 15 is 0 Å². The van der Waals surface area contributed by atoms with Gasteiger partial charge in [0.25, 0.3) is 0 Å². The van der Waals surface area contributed by atoms with Crippen LogP contribution in [0.25, 0.3) is 0 Å². The molecule has 0 fully saturated rings. The van der Waals surface area contributed by atoms with E-state index in [4.69, 9.17) is 4.74 Å². The molecule has 2 nitrogen and oxygen atoms in total. The summed E-state index contributed by atoms with van der Waals surface area (Å²) in [5.41, 5.74) is 1.28. The van der Waals surface area contributed by atoms with Crippen LogP contribution in [-0.2, 0) is 6.42 Å². The van der Waals surface area contributed by atoms with Crippen LogP contribution in [0.4, 0.5) is 0 Å². The molecule has 0 saturated carbocycles. The minimum Gasteiger partial charge on any atom is -0.496 e. The molecule has 96 valence electrons. The largest absolute Gasteiger partial charge is 0.496 e. The molecule has 1 rings (SSSR count). The van der Waals surface area contributed by atoms with Crippen molar-refractivity contribution >= 4 is 0 Å². The van der Waals surface area contributed by atoms with Gasteiger partial charge < -0.3 is 10.1 Å². The number of hydrogen-bond acceptors (Lipinski definition) is 2. The van der Waals surface area contributed by atoms with Gasteiger partial charge in [-0.1, -0.05) is 32.0 Å². The number of methoxy groups -OCH3 is 1. The molecule has 0 spiro atoms. The second-order valence-corrected chi connectivity index (χ2v) is 5.05. The van der Waals surface area contributed by atoms with Crippen LogP contribution in [0.5, 0.6) is 5.75 Å². The van der Waals surface area contributed by atoms with Crippen molar-refractivity contribution < 1.29 is 4.74 Å². The van der Waals surface area contributed by atoms with Gasteiger partial charge >= 0.3 is 0 Å². The Kier molecular flexibility index (Phi) is 6.06. The fraction of sp³-hybridized carbons (Fsp3) is 0.600. The average molecular weight is 235 g/mol. The zero-order valence-electron chi connectivity index (χ0n) is 11.5. The molecule has 1 N–H and O–H groups in total. The monoisotopic (exact) mass is 235 g/mol. The van der Waals surface area contributed by atoms with E-state index in [0.717, 1.165) is 24.6 Å². The maximum absolute atomic E-state index is 5.36. The standard InChI is InChI=1S/C15H25NO/c1-12(2)9-10-16-13(3)11-14-7-5-6-8-15(14)17-4/h5-8,12-13,16H,9-11H2,1-4H3. The predicted octanol–water partition coefficient (Wildman–Crippen LogP) is 3.26. The van der Waals surface area contributed by atoms with Gasteiger partial charge in [-0.05, 0) is 43.9 Å². The smallest absolute Gasteiger partial charge is 0.122 e. The van der Waals surface area contributed by atoms with E-state index in [0.29, 0.717) is 6.04 Å². The Morgan fingerprint density at radius 3 is 2.53 bits per heavy atom. The fourth-order valence-corrected chi connectivity index (χ4v) is 1.89. The summed E-state index contributed by atoms with van der Waals surface area (Å²) < 4.78 is 5.36. The summed E-state index contributed by atoms with van der Waals surface area (Å²) in [6.45, 7) is 7.83. The molecule has 1 unspecified atom stereocenters. The van der Waals surface area contributed by atoms with Crippen molar-refractivity contribution in [2.75, 3.05) is 13.7 Å². The third-order valence-electron chi connectivity index (χ3n) is 2.93. The van der Waals surface area contributed by atoms with Gasteiger partial charge in [0, 0.05) is 6.04 Å². The van der Waals surface area contributed by atoms with Crippen molar-refractivity contribution in [2.24, 2.45) is 5.92 Å². The van der Waals surface area contributed by atoms with Crippen LogP contribution in [0.15, 0.2) is 24.3 Å². The molecule has 1 atom stereocenters. The molecule has 1 aromatic carbocycles. The van der Waals surface area contributed by atoms with Crippen molar-refractivity contribution in [3.63, 3.8) is 0 Å². The number of para-hydroxylation sites is 1. The highest BCUT2D eigenvalue weighted by Gasteiger charge is 2.07. The van der Waals surface area contributed by atoms with Crippen LogP contribution < -0.4 is 10.1 Å². The normalized spacial score (nSPS) is 12.8. The van der Waals surface area contributed by atoms with Crippen LogP contribution in [-0.4, -0.2) is 19.7 Å². The molecule has 0 amide bonds. The lowest BCUT2D eigenvalue weighted by molar-refractivity contribution is 0.405. The first kappa shape index (κ1) is 14.0. The summed E-state index contributed by atoms with van der Waals surface area (Å²) in [5, 5.41) is 3.56. The van der Waals surface area contributed by atoms with Gasteiger partial charge in [0.1, 0.15) is 5.75 Å². The molecular formula is C15H25NO. The Labute approximate surface area is 105 Å². The summed E-state index contributed by atoms with van der Waals surface area (Å²) in [6.07, 6.45) is 2.25. The zero-order chi connectivity index (χ0) is 12.7. The lowest BCUT2D eigenvalue weighted by atomic mass is 10.1. The summed E-state index contributed by atoms with van der Waals surface area (Å²) in [4.78, 5) is 0. The van der Waals surface area contributed by atoms with Gasteiger partial charge in [-0.2, -0.15) is 0 Å². The van der Waals surface area contributed by atoms with Crippen LogP contribution in [0.1, 0.15) is 32.8 Å². The van der Waals surface area contributed by atoms with Crippen LogP contribution in [0, 0.1) is 5.92 Å². The first-order valence-corrected chi connectivity index (χ1v) is 6.48. The number of benzene rings is 1. The van der Waals surface area contributed by atoms with Gasteiger partial charge in [-0.3, -0.25) is 0 Å². The van der Waals surface area contributed by atoms with Crippen molar-refractivity contribution in [3.05, 3.63) is 29.8 Å². The van der Waals surface area contributed by atoms with Gasteiger partial charge in [0.05, 0.1) is 7.11 Å². The SMILES string of the molecule is COc1ccccc1CC(C)NCCC(C)C. The highest BCUT2D eigenvalue weighted by molar-refractivity contribution is 5.33. The Morgan fingerprint density at radius 1 is 1.18 bits per heavy atom. The van der Waals surface area contributed by atoms with Crippen LogP contribution in [0.2, 0.25) is 0 Å². The Morgan fingerprint density at radius 2 is 1.88 bits per heavy atom. The fourth-order valence-electron chi connectivity index (χ4n) is 1.89. The molecule has 0 radical (unpaired) electrons. The first-order chi connectivity index (χ1) is 8.13. The quantitative estimate of drug-likeness (QED) is 0.783. The maximum Gasteiger partial charge on any atom is 0.122 e. The van der Waals surface area contributed by atoms with E-state index in [1.165, 1.54) is 12.0 Å². The lowest BCUT2D eigenvalue weighted by Crippen LogP contribution is -2.29. The minimum absolute atomic E-state index is 0.491. The molecule has 0 aliphatic carbocycles. The van der Waals surface area contributed by atoms with E-state index in [9.17, 15) is 0 Å². The van der Waals surface area contributed by atoms with Gasteiger partial charge in [0.2, 0.25) is 0 Å². The topological polar surface area (TPSA) is 21.3 Å². The van der Waals surface area contributed by atoms with Crippen LogP contribution >= 0.6 is 0 Å². The number of ether oxygens (including phenoxy) is 1.